The summed E-state index contributed by atoms with van der Waals surface area (Å²) in [6.45, 7) is 2.09. The van der Waals surface area contributed by atoms with Crippen LogP contribution in [0.3, 0.4) is 0 Å². The van der Waals surface area contributed by atoms with Gasteiger partial charge >= 0.3 is 0 Å². The van der Waals surface area contributed by atoms with Crippen molar-refractivity contribution in [2.75, 3.05) is 5.32 Å². The van der Waals surface area contributed by atoms with Gasteiger partial charge in [0.2, 0.25) is 5.95 Å². The molecule has 0 aliphatic rings. The van der Waals surface area contributed by atoms with Crippen molar-refractivity contribution in [3.05, 3.63) is 76.8 Å². The molecule has 0 spiro atoms. The molecule has 2 heterocycles. The predicted molar refractivity (Wildman–Crippen MR) is 95.9 cm³/mol. The van der Waals surface area contributed by atoms with Crippen molar-refractivity contribution in [3.63, 3.8) is 0 Å². The number of aromatic amines is 1. The molecule has 3 rings (SSSR count). The molecular formula is C19H20N4O. The zero-order chi connectivity index (χ0) is 16.8. The number of hydrogen-bond donors (Lipinski definition) is 2. The maximum Gasteiger partial charge on any atom is 0.252 e. The van der Waals surface area contributed by atoms with Crippen molar-refractivity contribution in [1.82, 2.24) is 15.0 Å². The van der Waals surface area contributed by atoms with E-state index in [2.05, 4.69) is 39.3 Å². The Morgan fingerprint density at radius 3 is 2.62 bits per heavy atom. The molecule has 0 saturated heterocycles. The van der Waals surface area contributed by atoms with Crippen molar-refractivity contribution in [2.45, 2.75) is 25.8 Å². The molecule has 0 amide bonds. The van der Waals surface area contributed by atoms with Crippen LogP contribution in [0, 0.1) is 0 Å². The van der Waals surface area contributed by atoms with Crippen molar-refractivity contribution >= 4 is 5.95 Å². The topological polar surface area (TPSA) is 70.7 Å². The summed E-state index contributed by atoms with van der Waals surface area (Å²) in [5.74, 6) is 0.495. The van der Waals surface area contributed by atoms with E-state index in [1.54, 1.807) is 12.4 Å². The molecule has 5 nitrogen and oxygen atoms in total. The van der Waals surface area contributed by atoms with Crippen LogP contribution in [0.4, 0.5) is 5.95 Å². The van der Waals surface area contributed by atoms with Crippen LogP contribution in [0.1, 0.15) is 18.9 Å². The third-order valence-corrected chi connectivity index (χ3v) is 3.81. The number of rotatable bonds is 6. The van der Waals surface area contributed by atoms with Gasteiger partial charge in [0.25, 0.3) is 5.56 Å². The lowest BCUT2D eigenvalue weighted by atomic mass is 10.1. The van der Waals surface area contributed by atoms with Gasteiger partial charge in [-0.3, -0.25) is 14.8 Å². The third-order valence-electron chi connectivity index (χ3n) is 3.81. The van der Waals surface area contributed by atoms with Gasteiger partial charge in [-0.2, -0.15) is 0 Å². The fourth-order valence-electron chi connectivity index (χ4n) is 2.53. The number of anilines is 1. The standard InChI is InChI=1S/C19H20N4O/c1-14(7-8-15-5-3-2-4-6-15)21-19-22-17(13-18(24)23-19)16-9-11-20-12-10-16/h2-6,9-14H,7-8H2,1H3,(H2,21,22,23,24). The van der Waals surface area contributed by atoms with Gasteiger partial charge in [-0.05, 0) is 37.5 Å². The highest BCUT2D eigenvalue weighted by Crippen LogP contribution is 2.15. The van der Waals surface area contributed by atoms with E-state index < -0.39 is 0 Å². The minimum absolute atomic E-state index is 0.172. The second-order valence-electron chi connectivity index (χ2n) is 5.78. The second kappa shape index (κ2) is 7.55. The Labute approximate surface area is 140 Å². The molecule has 0 aliphatic carbocycles. The fraction of sp³-hybridized carbons (Fsp3) is 0.211. The number of nitrogens with one attached hydrogen (secondary N) is 2. The van der Waals surface area contributed by atoms with E-state index in [0.717, 1.165) is 18.4 Å². The quantitative estimate of drug-likeness (QED) is 0.731. The first kappa shape index (κ1) is 15.9. The predicted octanol–water partition coefficient (Wildman–Crippen LogP) is 3.27. The number of benzene rings is 1. The Hall–Kier alpha value is -2.95. The summed E-state index contributed by atoms with van der Waals surface area (Å²) in [5, 5.41) is 3.28. The third kappa shape index (κ3) is 4.29. The Morgan fingerprint density at radius 1 is 1.12 bits per heavy atom. The van der Waals surface area contributed by atoms with Gasteiger partial charge in [0.05, 0.1) is 5.69 Å². The van der Waals surface area contributed by atoms with Crippen molar-refractivity contribution in [1.29, 1.82) is 0 Å². The Bertz CT molecular complexity index is 831. The Balaban J connectivity index is 1.68. The normalized spacial score (nSPS) is 11.9. The minimum Gasteiger partial charge on any atom is -0.353 e. The SMILES string of the molecule is CC(CCc1ccccc1)Nc1nc(-c2ccncc2)cc(=O)[nH]1. The van der Waals surface area contributed by atoms with Crippen LogP contribution in [0.15, 0.2) is 65.7 Å². The highest BCUT2D eigenvalue weighted by molar-refractivity contribution is 5.59. The molecule has 122 valence electrons. The molecule has 5 heteroatoms. The van der Waals surface area contributed by atoms with E-state index in [9.17, 15) is 4.79 Å². The molecule has 1 aromatic carbocycles. The Morgan fingerprint density at radius 2 is 1.88 bits per heavy atom. The number of pyridine rings is 1. The lowest BCUT2D eigenvalue weighted by Crippen LogP contribution is -2.21. The van der Waals surface area contributed by atoms with E-state index in [0.29, 0.717) is 11.6 Å². The maximum atomic E-state index is 11.9. The average Bonchev–Trinajstić information content (AvgIpc) is 2.61. The second-order valence-corrected chi connectivity index (χ2v) is 5.78. The van der Waals surface area contributed by atoms with E-state index in [4.69, 9.17) is 0 Å². The molecular weight excluding hydrogens is 300 g/mol. The van der Waals surface area contributed by atoms with Crippen LogP contribution >= 0.6 is 0 Å². The van der Waals surface area contributed by atoms with Crippen LogP contribution in [-0.4, -0.2) is 21.0 Å². The van der Waals surface area contributed by atoms with E-state index in [1.807, 2.05) is 30.3 Å². The summed E-state index contributed by atoms with van der Waals surface area (Å²) in [6.07, 6.45) is 5.30. The molecule has 0 aliphatic heterocycles. The van der Waals surface area contributed by atoms with Gasteiger partial charge < -0.3 is 5.32 Å². The summed E-state index contributed by atoms with van der Waals surface area (Å²) in [6, 6.07) is 15.7. The maximum absolute atomic E-state index is 11.9. The van der Waals surface area contributed by atoms with Crippen LogP contribution in [0.25, 0.3) is 11.3 Å². The first-order valence-corrected chi connectivity index (χ1v) is 8.03. The Kier molecular flexibility index (Phi) is 5.01. The molecule has 0 radical (unpaired) electrons. The van der Waals surface area contributed by atoms with E-state index in [-0.39, 0.29) is 11.6 Å². The highest BCUT2D eigenvalue weighted by Gasteiger charge is 2.07. The van der Waals surface area contributed by atoms with Crippen molar-refractivity contribution in [3.8, 4) is 11.3 Å². The number of aryl methyl sites for hydroxylation is 1. The van der Waals surface area contributed by atoms with Crippen LogP contribution < -0.4 is 10.9 Å². The number of H-pyrrole nitrogens is 1. The zero-order valence-corrected chi connectivity index (χ0v) is 13.6. The number of aromatic nitrogens is 3. The van der Waals surface area contributed by atoms with Gasteiger partial charge in [0.15, 0.2) is 0 Å². The van der Waals surface area contributed by atoms with Gasteiger partial charge in [-0.15, -0.1) is 0 Å². The summed E-state index contributed by atoms with van der Waals surface area (Å²) >= 11 is 0. The van der Waals surface area contributed by atoms with Crippen LogP contribution in [0.2, 0.25) is 0 Å². The van der Waals surface area contributed by atoms with Gasteiger partial charge in [-0.1, -0.05) is 30.3 Å². The van der Waals surface area contributed by atoms with Crippen molar-refractivity contribution < 1.29 is 0 Å². The fourth-order valence-corrected chi connectivity index (χ4v) is 2.53. The first-order valence-electron chi connectivity index (χ1n) is 8.03. The molecule has 1 atom stereocenters. The molecule has 0 bridgehead atoms. The lowest BCUT2D eigenvalue weighted by molar-refractivity contribution is 0.698. The molecule has 2 N–H and O–H groups in total. The largest absolute Gasteiger partial charge is 0.353 e. The van der Waals surface area contributed by atoms with Crippen molar-refractivity contribution in [2.24, 2.45) is 0 Å². The molecule has 1 unspecified atom stereocenters. The van der Waals surface area contributed by atoms with E-state index in [1.165, 1.54) is 11.6 Å². The summed E-state index contributed by atoms with van der Waals surface area (Å²) in [7, 11) is 0. The van der Waals surface area contributed by atoms with Crippen LogP contribution in [0.5, 0.6) is 0 Å². The molecule has 2 aromatic heterocycles. The summed E-state index contributed by atoms with van der Waals surface area (Å²) in [5.41, 5.74) is 2.64. The van der Waals surface area contributed by atoms with E-state index >= 15 is 0 Å². The van der Waals surface area contributed by atoms with Gasteiger partial charge in [-0.25, -0.2) is 4.98 Å². The van der Waals surface area contributed by atoms with Gasteiger partial charge in [0.1, 0.15) is 0 Å². The average molecular weight is 320 g/mol. The molecule has 3 aromatic rings. The molecule has 0 fully saturated rings. The highest BCUT2D eigenvalue weighted by atomic mass is 16.1. The summed E-state index contributed by atoms with van der Waals surface area (Å²) < 4.78 is 0. The van der Waals surface area contributed by atoms with Gasteiger partial charge in [0, 0.05) is 30.1 Å². The van der Waals surface area contributed by atoms with Crippen LogP contribution in [-0.2, 0) is 6.42 Å². The summed E-state index contributed by atoms with van der Waals surface area (Å²) in [4.78, 5) is 23.1. The number of nitrogens with zero attached hydrogens (tertiary/aromatic N) is 2. The number of hydrogen-bond acceptors (Lipinski definition) is 4. The molecule has 24 heavy (non-hydrogen) atoms. The first-order chi connectivity index (χ1) is 11.7. The molecule has 0 saturated carbocycles. The monoisotopic (exact) mass is 320 g/mol. The smallest absolute Gasteiger partial charge is 0.252 e. The zero-order valence-electron chi connectivity index (χ0n) is 13.6. The minimum atomic E-state index is -0.172. The lowest BCUT2D eigenvalue weighted by Gasteiger charge is -2.14.